The van der Waals surface area contributed by atoms with Gasteiger partial charge in [0, 0.05) is 0 Å². The van der Waals surface area contributed by atoms with E-state index in [2.05, 4.69) is 21.8 Å². The van der Waals surface area contributed by atoms with Gasteiger partial charge < -0.3 is 0 Å². The van der Waals surface area contributed by atoms with Crippen molar-refractivity contribution in [3.63, 3.8) is 0 Å². The summed E-state index contributed by atoms with van der Waals surface area (Å²) in [4.78, 5) is 9.61. The SMILES string of the molecule is O=C(O)[As](S)S. The second-order valence-electron chi connectivity index (χ2n) is 0.572. The van der Waals surface area contributed by atoms with E-state index in [1.165, 1.54) is 0 Å². The van der Waals surface area contributed by atoms with Gasteiger partial charge in [0.05, 0.1) is 0 Å². The van der Waals surface area contributed by atoms with Crippen LogP contribution in [0.2, 0.25) is 0 Å². The van der Waals surface area contributed by atoms with Crippen LogP contribution in [-0.4, -0.2) is 22.2 Å². The molecule has 0 spiro atoms. The molecule has 36 valence electrons. The van der Waals surface area contributed by atoms with Gasteiger partial charge in [-0.3, -0.25) is 0 Å². The third-order valence-corrected chi connectivity index (χ3v) is 2.67. The second kappa shape index (κ2) is 2.83. The summed E-state index contributed by atoms with van der Waals surface area (Å²) in [5.41, 5.74) is 0. The molecule has 0 heterocycles. The van der Waals surface area contributed by atoms with Gasteiger partial charge in [0.2, 0.25) is 0 Å². The van der Waals surface area contributed by atoms with Crippen LogP contribution in [0.5, 0.6) is 0 Å². The maximum absolute atomic E-state index is 9.61. The van der Waals surface area contributed by atoms with E-state index < -0.39 is 17.1 Å². The van der Waals surface area contributed by atoms with Crippen molar-refractivity contribution in [2.45, 2.75) is 0 Å². The minimum atomic E-state index is -1.99. The van der Waals surface area contributed by atoms with Crippen molar-refractivity contribution in [2.75, 3.05) is 0 Å². The van der Waals surface area contributed by atoms with Crippen LogP contribution in [-0.2, 0) is 0 Å². The Morgan fingerprint density at radius 3 is 1.83 bits per heavy atom. The summed E-state index contributed by atoms with van der Waals surface area (Å²) < 4.78 is -0.867. The van der Waals surface area contributed by atoms with Crippen molar-refractivity contribution in [3.05, 3.63) is 0 Å². The topological polar surface area (TPSA) is 37.3 Å². The van der Waals surface area contributed by atoms with E-state index in [9.17, 15) is 4.79 Å². The number of carboxylic acid groups (broad SMARTS) is 1. The van der Waals surface area contributed by atoms with Crippen LogP contribution in [0.3, 0.4) is 0 Å². The van der Waals surface area contributed by atoms with E-state index in [-0.39, 0.29) is 0 Å². The van der Waals surface area contributed by atoms with Crippen LogP contribution in [0.1, 0.15) is 0 Å². The second-order valence-corrected chi connectivity index (χ2v) is 8.39. The van der Waals surface area contributed by atoms with Crippen molar-refractivity contribution >= 4 is 38.9 Å². The summed E-state index contributed by atoms with van der Waals surface area (Å²) >= 11 is -1.99. The summed E-state index contributed by atoms with van der Waals surface area (Å²) in [7, 11) is 7.21. The summed E-state index contributed by atoms with van der Waals surface area (Å²) in [5, 5.41) is 7.90. The third kappa shape index (κ3) is 2.94. The van der Waals surface area contributed by atoms with E-state index in [0.717, 1.165) is 0 Å². The number of rotatable bonds is 1. The van der Waals surface area contributed by atoms with Crippen LogP contribution >= 0.6 is 21.8 Å². The molecular weight excluding hydrogens is 183 g/mol. The monoisotopic (exact) mass is 186 g/mol. The first-order chi connectivity index (χ1) is 2.64. The molecule has 0 aliphatic rings. The molecule has 0 bridgehead atoms. The van der Waals surface area contributed by atoms with E-state index in [0.29, 0.717) is 0 Å². The van der Waals surface area contributed by atoms with Gasteiger partial charge in [-0.2, -0.15) is 0 Å². The first-order valence-corrected chi connectivity index (χ1v) is 7.83. The normalized spacial score (nSPS) is 9.17. The molecule has 0 aromatic heterocycles. The molecule has 5 heteroatoms. The molecule has 1 N–H and O–H groups in total. The number of hydrogen-bond acceptors (Lipinski definition) is 3. The predicted octanol–water partition coefficient (Wildman–Crippen LogP) is 0.594. The van der Waals surface area contributed by atoms with E-state index >= 15 is 0 Å². The Labute approximate surface area is 49.0 Å². The van der Waals surface area contributed by atoms with E-state index in [1.807, 2.05) is 0 Å². The van der Waals surface area contributed by atoms with Gasteiger partial charge in [0.15, 0.2) is 0 Å². The zero-order valence-electron chi connectivity index (χ0n) is 2.70. The Kier molecular flexibility index (Phi) is 3.17. The molecule has 0 radical (unpaired) electrons. The summed E-state index contributed by atoms with van der Waals surface area (Å²) in [5.74, 6) is 0. The van der Waals surface area contributed by atoms with Gasteiger partial charge in [-0.1, -0.05) is 0 Å². The maximum atomic E-state index is 9.61. The first-order valence-electron chi connectivity index (χ1n) is 1.05. The zero-order valence-corrected chi connectivity index (χ0v) is 6.36. The fourth-order valence-electron chi connectivity index (χ4n) is 0. The van der Waals surface area contributed by atoms with Gasteiger partial charge >= 0.3 is 48.8 Å². The molecule has 0 saturated heterocycles. The molecule has 0 fully saturated rings. The molecule has 0 rings (SSSR count). The number of thiol groups is 2. The third-order valence-electron chi connectivity index (χ3n) is 0.171. The van der Waals surface area contributed by atoms with Crippen molar-refractivity contribution in [1.29, 1.82) is 0 Å². The Balaban J connectivity index is 3.26. The Morgan fingerprint density at radius 2 is 1.83 bits per heavy atom. The van der Waals surface area contributed by atoms with Crippen LogP contribution in [0, 0.1) is 0 Å². The Morgan fingerprint density at radius 1 is 1.67 bits per heavy atom. The number of carbonyl (C=O) groups is 1. The van der Waals surface area contributed by atoms with Crippen LogP contribution < -0.4 is 0 Å². The summed E-state index contributed by atoms with van der Waals surface area (Å²) in [6.45, 7) is 0. The van der Waals surface area contributed by atoms with Crippen molar-refractivity contribution in [1.82, 2.24) is 0 Å². The quantitative estimate of drug-likeness (QED) is 0.414. The Hall–Kier alpha value is 0.728. The summed E-state index contributed by atoms with van der Waals surface area (Å²) in [6, 6.07) is 0. The molecular formula is CH3AsO2S2. The van der Waals surface area contributed by atoms with E-state index in [1.54, 1.807) is 0 Å². The molecule has 0 aliphatic carbocycles. The van der Waals surface area contributed by atoms with Crippen molar-refractivity contribution < 1.29 is 9.90 Å². The molecule has 0 amide bonds. The van der Waals surface area contributed by atoms with Gasteiger partial charge in [-0.05, 0) is 0 Å². The molecule has 0 aliphatic heterocycles. The molecule has 0 aromatic carbocycles. The zero-order chi connectivity index (χ0) is 5.15. The summed E-state index contributed by atoms with van der Waals surface area (Å²) in [6.07, 6.45) is 0. The fraction of sp³-hybridized carbons (Fsp3) is 0. The fourth-order valence-corrected chi connectivity index (χ4v) is 0. The van der Waals surface area contributed by atoms with Crippen molar-refractivity contribution in [3.8, 4) is 0 Å². The average Bonchev–Trinajstić information content (AvgIpc) is 1.36. The predicted molar refractivity (Wildman–Crippen MR) is 31.8 cm³/mol. The van der Waals surface area contributed by atoms with Crippen LogP contribution in [0.15, 0.2) is 0 Å². The Bertz CT molecular complexity index is 62.6. The minimum absolute atomic E-state index is 0.867. The number of hydrogen-bond donors (Lipinski definition) is 3. The van der Waals surface area contributed by atoms with Crippen LogP contribution in [0.4, 0.5) is 4.79 Å². The molecule has 6 heavy (non-hydrogen) atoms. The molecule has 0 atom stereocenters. The van der Waals surface area contributed by atoms with Crippen LogP contribution in [0.25, 0.3) is 0 Å². The first kappa shape index (κ1) is 6.73. The standard InChI is InChI=1S/CH3AsO2S2/c3-1(4)2(5)6/h5-6H,(H,3,4). The average molecular weight is 186 g/mol. The molecule has 0 aromatic rings. The van der Waals surface area contributed by atoms with Crippen molar-refractivity contribution in [2.24, 2.45) is 0 Å². The molecule has 2 nitrogen and oxygen atoms in total. The van der Waals surface area contributed by atoms with Gasteiger partial charge in [0.25, 0.3) is 0 Å². The van der Waals surface area contributed by atoms with Gasteiger partial charge in [0.1, 0.15) is 0 Å². The molecule has 0 saturated carbocycles. The van der Waals surface area contributed by atoms with E-state index in [4.69, 9.17) is 5.11 Å². The molecule has 0 unspecified atom stereocenters. The van der Waals surface area contributed by atoms with Gasteiger partial charge in [-0.15, -0.1) is 0 Å². The van der Waals surface area contributed by atoms with Gasteiger partial charge in [-0.25, -0.2) is 0 Å².